The molecule has 0 fully saturated rings. The van der Waals surface area contributed by atoms with Gasteiger partial charge in [0.15, 0.2) is 0 Å². The van der Waals surface area contributed by atoms with Crippen molar-refractivity contribution in [2.45, 2.75) is 6.54 Å². The number of rotatable bonds is 4. The predicted molar refractivity (Wildman–Crippen MR) is 60.4 cm³/mol. The van der Waals surface area contributed by atoms with Crippen molar-refractivity contribution in [3.05, 3.63) is 34.7 Å². The van der Waals surface area contributed by atoms with Crippen LogP contribution in [0.1, 0.15) is 5.82 Å². The van der Waals surface area contributed by atoms with E-state index in [-0.39, 0.29) is 5.82 Å². The Morgan fingerprint density at radius 3 is 2.76 bits per heavy atom. The fourth-order valence-corrected chi connectivity index (χ4v) is 1.48. The number of aromatic nitrogens is 4. The summed E-state index contributed by atoms with van der Waals surface area (Å²) in [5.74, 6) is 0.986. The topological polar surface area (TPSA) is 90.8 Å². The summed E-state index contributed by atoms with van der Waals surface area (Å²) in [7, 11) is 3.56. The quantitative estimate of drug-likeness (QED) is 0.622. The molecule has 0 unspecified atom stereocenters. The van der Waals surface area contributed by atoms with Crippen molar-refractivity contribution < 1.29 is 4.92 Å². The largest absolute Gasteiger partial charge is 0.406 e. The van der Waals surface area contributed by atoms with Crippen LogP contribution in [0.3, 0.4) is 0 Å². The Morgan fingerprint density at radius 2 is 2.18 bits per heavy atom. The zero-order valence-corrected chi connectivity index (χ0v) is 9.49. The second-order valence-electron chi connectivity index (χ2n) is 3.59. The molecule has 17 heavy (non-hydrogen) atoms. The maximum Gasteiger partial charge on any atom is 0.406 e. The van der Waals surface area contributed by atoms with Gasteiger partial charge in [0.1, 0.15) is 5.82 Å². The van der Waals surface area contributed by atoms with Gasteiger partial charge in [0, 0.05) is 26.5 Å². The number of anilines is 1. The minimum Gasteiger partial charge on any atom is -0.358 e. The number of nitro groups is 1. The van der Waals surface area contributed by atoms with E-state index in [1.165, 1.54) is 6.33 Å². The molecule has 0 aliphatic rings. The van der Waals surface area contributed by atoms with E-state index in [0.717, 1.165) is 5.82 Å². The average Bonchev–Trinajstić information content (AvgIpc) is 2.82. The van der Waals surface area contributed by atoms with E-state index in [4.69, 9.17) is 0 Å². The van der Waals surface area contributed by atoms with Gasteiger partial charge in [0.2, 0.25) is 12.1 Å². The highest BCUT2D eigenvalue weighted by Gasteiger charge is 2.19. The van der Waals surface area contributed by atoms with Crippen LogP contribution in [0.15, 0.2) is 18.7 Å². The highest BCUT2D eigenvalue weighted by Crippen LogP contribution is 2.21. The summed E-state index contributed by atoms with van der Waals surface area (Å²) < 4.78 is 3.41. The molecule has 0 spiro atoms. The summed E-state index contributed by atoms with van der Waals surface area (Å²) >= 11 is 0. The van der Waals surface area contributed by atoms with Gasteiger partial charge in [-0.2, -0.15) is 0 Å². The first-order valence-electron chi connectivity index (χ1n) is 4.95. The lowest BCUT2D eigenvalue weighted by molar-refractivity contribution is -0.388. The van der Waals surface area contributed by atoms with Gasteiger partial charge in [-0.25, -0.2) is 4.98 Å². The number of imidazole rings is 2. The van der Waals surface area contributed by atoms with Crippen molar-refractivity contribution in [2.75, 3.05) is 5.32 Å². The summed E-state index contributed by atoms with van der Waals surface area (Å²) in [6.07, 6.45) is 4.89. The van der Waals surface area contributed by atoms with Gasteiger partial charge in [-0.15, -0.1) is 0 Å². The molecule has 2 aromatic heterocycles. The Labute approximate surface area is 97.1 Å². The molecule has 90 valence electrons. The molecule has 0 bridgehead atoms. The van der Waals surface area contributed by atoms with Gasteiger partial charge in [0.05, 0.1) is 6.54 Å². The number of hydrogen-bond donors (Lipinski definition) is 1. The third kappa shape index (κ3) is 2.10. The molecule has 8 heteroatoms. The average molecular weight is 236 g/mol. The fraction of sp³-hybridized carbons (Fsp3) is 0.333. The molecule has 0 aromatic carbocycles. The van der Waals surface area contributed by atoms with Crippen LogP contribution in [-0.2, 0) is 20.6 Å². The third-order valence-corrected chi connectivity index (χ3v) is 2.43. The smallest absolute Gasteiger partial charge is 0.358 e. The van der Waals surface area contributed by atoms with Crippen LogP contribution in [0.2, 0.25) is 0 Å². The lowest BCUT2D eigenvalue weighted by Crippen LogP contribution is -2.09. The Balaban J connectivity index is 2.16. The maximum atomic E-state index is 10.7. The van der Waals surface area contributed by atoms with Crippen LogP contribution in [0, 0.1) is 10.1 Å². The van der Waals surface area contributed by atoms with Gasteiger partial charge in [-0.05, 0) is 9.91 Å². The van der Waals surface area contributed by atoms with Crippen molar-refractivity contribution in [3.63, 3.8) is 0 Å². The second kappa shape index (κ2) is 4.24. The SMILES string of the molecule is Cn1ccnc1CNc1c([N+](=O)[O-])ncn1C. The Hall–Kier alpha value is -2.38. The van der Waals surface area contributed by atoms with Gasteiger partial charge >= 0.3 is 5.82 Å². The van der Waals surface area contributed by atoms with E-state index in [0.29, 0.717) is 12.4 Å². The number of nitrogens with one attached hydrogen (secondary N) is 1. The first-order valence-corrected chi connectivity index (χ1v) is 4.95. The van der Waals surface area contributed by atoms with Gasteiger partial charge in [-0.3, -0.25) is 4.57 Å². The standard InChI is InChI=1S/C9H12N6O2/c1-13-4-3-10-7(13)5-11-8-9(15(16)17)12-6-14(8)2/h3-4,6,11H,5H2,1-2H3. The van der Waals surface area contributed by atoms with E-state index in [9.17, 15) is 10.1 Å². The van der Waals surface area contributed by atoms with E-state index < -0.39 is 4.92 Å². The summed E-state index contributed by atoms with van der Waals surface area (Å²) in [6, 6.07) is 0. The molecule has 0 aliphatic heterocycles. The first kappa shape index (κ1) is 11.1. The molecule has 2 rings (SSSR count). The van der Waals surface area contributed by atoms with Crippen LogP contribution in [0.25, 0.3) is 0 Å². The Kier molecular flexibility index (Phi) is 2.77. The molecule has 0 saturated carbocycles. The van der Waals surface area contributed by atoms with Crippen molar-refractivity contribution >= 4 is 11.6 Å². The predicted octanol–water partition coefficient (Wildman–Crippen LogP) is 0.674. The summed E-state index contributed by atoms with van der Waals surface area (Å²) in [6.45, 7) is 0.407. The number of hydrogen-bond acceptors (Lipinski definition) is 5. The first-order chi connectivity index (χ1) is 8.09. The Morgan fingerprint density at radius 1 is 1.41 bits per heavy atom. The zero-order valence-electron chi connectivity index (χ0n) is 9.49. The van der Waals surface area contributed by atoms with E-state index in [1.54, 1.807) is 17.8 Å². The molecule has 0 radical (unpaired) electrons. The fourth-order valence-electron chi connectivity index (χ4n) is 1.48. The summed E-state index contributed by atoms with van der Waals surface area (Å²) in [5.41, 5.74) is 0. The zero-order chi connectivity index (χ0) is 12.4. The minimum absolute atomic E-state index is 0.179. The molecule has 0 amide bonds. The van der Waals surface area contributed by atoms with Crippen molar-refractivity contribution in [1.29, 1.82) is 0 Å². The summed E-state index contributed by atoms with van der Waals surface area (Å²) in [5, 5.41) is 13.7. The van der Waals surface area contributed by atoms with Crippen LogP contribution in [0.5, 0.6) is 0 Å². The van der Waals surface area contributed by atoms with Crippen LogP contribution in [-0.4, -0.2) is 24.0 Å². The Bertz CT molecular complexity index is 543. The van der Waals surface area contributed by atoms with E-state index in [1.807, 2.05) is 17.8 Å². The van der Waals surface area contributed by atoms with Crippen molar-refractivity contribution in [1.82, 2.24) is 19.1 Å². The number of aryl methyl sites for hydroxylation is 2. The van der Waals surface area contributed by atoms with Gasteiger partial charge in [0.25, 0.3) is 0 Å². The lowest BCUT2D eigenvalue weighted by Gasteiger charge is -2.06. The molecule has 0 atom stereocenters. The summed E-state index contributed by atoms with van der Waals surface area (Å²) in [4.78, 5) is 18.1. The molecule has 0 saturated heterocycles. The molecule has 2 heterocycles. The van der Waals surface area contributed by atoms with Crippen molar-refractivity contribution in [2.24, 2.45) is 14.1 Å². The monoisotopic (exact) mass is 236 g/mol. The molecular formula is C9H12N6O2. The maximum absolute atomic E-state index is 10.7. The van der Waals surface area contributed by atoms with Crippen molar-refractivity contribution in [3.8, 4) is 0 Å². The van der Waals surface area contributed by atoms with E-state index in [2.05, 4.69) is 15.3 Å². The lowest BCUT2D eigenvalue weighted by atomic mass is 10.5. The molecule has 8 nitrogen and oxygen atoms in total. The van der Waals surface area contributed by atoms with Crippen LogP contribution in [0.4, 0.5) is 11.6 Å². The normalized spacial score (nSPS) is 10.5. The highest BCUT2D eigenvalue weighted by atomic mass is 16.6. The van der Waals surface area contributed by atoms with Gasteiger partial charge in [-0.1, -0.05) is 0 Å². The minimum atomic E-state index is -0.513. The van der Waals surface area contributed by atoms with Crippen LogP contribution >= 0.6 is 0 Å². The third-order valence-electron chi connectivity index (χ3n) is 2.43. The van der Waals surface area contributed by atoms with Gasteiger partial charge < -0.3 is 20.0 Å². The van der Waals surface area contributed by atoms with E-state index >= 15 is 0 Å². The highest BCUT2D eigenvalue weighted by molar-refractivity contribution is 5.51. The molecule has 0 aliphatic carbocycles. The van der Waals surface area contributed by atoms with Crippen LogP contribution < -0.4 is 5.32 Å². The molecular weight excluding hydrogens is 224 g/mol. The molecule has 1 N–H and O–H groups in total. The number of nitrogens with zero attached hydrogens (tertiary/aromatic N) is 5. The second-order valence-corrected chi connectivity index (χ2v) is 3.59. The molecule has 2 aromatic rings.